The highest BCUT2D eigenvalue weighted by atomic mass is 35.5. The van der Waals surface area contributed by atoms with Crippen molar-refractivity contribution in [1.82, 2.24) is 0 Å². The van der Waals surface area contributed by atoms with E-state index in [1.807, 2.05) is 0 Å². The maximum absolute atomic E-state index is 9.28. The molecule has 0 heterocycles. The summed E-state index contributed by atoms with van der Waals surface area (Å²) in [4.78, 5) is 0. The number of allylic oxidation sites excluding steroid dienone is 6. The molecule has 0 aromatic heterocycles. The van der Waals surface area contributed by atoms with Gasteiger partial charge in [0.05, 0.1) is 10.6 Å². The van der Waals surface area contributed by atoms with Crippen LogP contribution in [0.1, 0.15) is 5.56 Å². The molecule has 0 saturated heterocycles. The fourth-order valence-corrected chi connectivity index (χ4v) is 2.00. The maximum Gasteiger partial charge on any atom is 0.121 e. The summed E-state index contributed by atoms with van der Waals surface area (Å²) in [6, 6.07) is 9.10. The molecule has 0 unspecified atom stereocenters. The highest BCUT2D eigenvalue weighted by Gasteiger charge is 2.12. The van der Waals surface area contributed by atoms with Gasteiger partial charge in [-0.2, -0.15) is 5.26 Å². The SMILES string of the molecule is N#CC(=C1C=C/C(=N/O)C(Cl)=C1)c1ccc(Cl)cc1. The van der Waals surface area contributed by atoms with Crippen LogP contribution in [0.2, 0.25) is 5.02 Å². The number of hydrogen-bond donors (Lipinski definition) is 1. The predicted octanol–water partition coefficient (Wildman–Crippen LogP) is 4.14. The normalized spacial score (nSPS) is 19.0. The number of oxime groups is 1. The second kappa shape index (κ2) is 5.75. The van der Waals surface area contributed by atoms with E-state index >= 15 is 0 Å². The van der Waals surface area contributed by atoms with Crippen molar-refractivity contribution in [3.63, 3.8) is 0 Å². The molecule has 0 fully saturated rings. The van der Waals surface area contributed by atoms with Crippen LogP contribution in [-0.4, -0.2) is 10.9 Å². The molecule has 0 aliphatic heterocycles. The van der Waals surface area contributed by atoms with Crippen molar-refractivity contribution in [2.45, 2.75) is 0 Å². The van der Waals surface area contributed by atoms with E-state index in [9.17, 15) is 5.26 Å². The van der Waals surface area contributed by atoms with E-state index in [-0.39, 0.29) is 10.7 Å². The summed E-state index contributed by atoms with van der Waals surface area (Å²) in [5.74, 6) is 0. The van der Waals surface area contributed by atoms with E-state index in [0.717, 1.165) is 5.56 Å². The van der Waals surface area contributed by atoms with Gasteiger partial charge in [0.25, 0.3) is 0 Å². The standard InChI is InChI=1S/C14H8Cl2N2O/c15-11-4-1-9(2-5-11)12(8-17)10-3-6-14(18-19)13(16)7-10/h1-7,19H/b12-10?,18-14-. The van der Waals surface area contributed by atoms with Gasteiger partial charge < -0.3 is 5.21 Å². The van der Waals surface area contributed by atoms with Gasteiger partial charge in [0.1, 0.15) is 11.8 Å². The first-order chi connectivity index (χ1) is 9.15. The van der Waals surface area contributed by atoms with E-state index in [0.29, 0.717) is 16.2 Å². The average Bonchev–Trinajstić information content (AvgIpc) is 2.42. The van der Waals surface area contributed by atoms with Gasteiger partial charge in [-0.3, -0.25) is 0 Å². The fraction of sp³-hybridized carbons (Fsp3) is 0. The molecule has 3 nitrogen and oxygen atoms in total. The number of hydrogen-bond acceptors (Lipinski definition) is 3. The number of nitriles is 1. The first-order valence-electron chi connectivity index (χ1n) is 5.33. The Labute approximate surface area is 120 Å². The minimum absolute atomic E-state index is 0.263. The Morgan fingerprint density at radius 2 is 1.84 bits per heavy atom. The van der Waals surface area contributed by atoms with Crippen LogP contribution in [0.25, 0.3) is 5.57 Å². The van der Waals surface area contributed by atoms with E-state index in [1.54, 1.807) is 42.5 Å². The molecule has 1 aromatic rings. The molecule has 19 heavy (non-hydrogen) atoms. The topological polar surface area (TPSA) is 56.4 Å². The summed E-state index contributed by atoms with van der Waals surface area (Å²) in [5, 5.41) is 21.9. The molecule has 1 aromatic carbocycles. The van der Waals surface area contributed by atoms with Crippen LogP contribution in [0.3, 0.4) is 0 Å². The highest BCUT2D eigenvalue weighted by Crippen LogP contribution is 2.26. The molecule has 1 aliphatic carbocycles. The van der Waals surface area contributed by atoms with Crippen LogP contribution >= 0.6 is 23.2 Å². The smallest absolute Gasteiger partial charge is 0.121 e. The van der Waals surface area contributed by atoms with Gasteiger partial charge in [0.2, 0.25) is 0 Å². The molecule has 0 bridgehead atoms. The van der Waals surface area contributed by atoms with Crippen molar-refractivity contribution < 1.29 is 5.21 Å². The lowest BCUT2D eigenvalue weighted by Gasteiger charge is -2.08. The first-order valence-corrected chi connectivity index (χ1v) is 6.09. The Kier molecular flexibility index (Phi) is 4.06. The lowest BCUT2D eigenvalue weighted by molar-refractivity contribution is 0.320. The number of rotatable bonds is 1. The third-order valence-electron chi connectivity index (χ3n) is 2.59. The molecular weight excluding hydrogens is 283 g/mol. The zero-order chi connectivity index (χ0) is 13.8. The average molecular weight is 291 g/mol. The largest absolute Gasteiger partial charge is 0.410 e. The molecule has 5 heteroatoms. The van der Waals surface area contributed by atoms with Crippen LogP contribution in [0.5, 0.6) is 0 Å². The second-order valence-electron chi connectivity index (χ2n) is 3.76. The Hall–Kier alpha value is -2.02. The van der Waals surface area contributed by atoms with Gasteiger partial charge in [-0.25, -0.2) is 0 Å². The molecule has 0 saturated carbocycles. The minimum atomic E-state index is 0.263. The summed E-state index contributed by atoms with van der Waals surface area (Å²) in [5.41, 5.74) is 2.14. The highest BCUT2D eigenvalue weighted by molar-refractivity contribution is 6.46. The van der Waals surface area contributed by atoms with E-state index < -0.39 is 0 Å². The van der Waals surface area contributed by atoms with Crippen LogP contribution in [0, 0.1) is 11.3 Å². The molecule has 0 atom stereocenters. The number of benzene rings is 1. The fourth-order valence-electron chi connectivity index (χ4n) is 1.66. The van der Waals surface area contributed by atoms with Crippen molar-refractivity contribution in [3.05, 3.63) is 63.7 Å². The molecule has 0 spiro atoms. The minimum Gasteiger partial charge on any atom is -0.410 e. The Morgan fingerprint density at radius 1 is 1.16 bits per heavy atom. The third-order valence-corrected chi connectivity index (χ3v) is 3.14. The zero-order valence-electron chi connectivity index (χ0n) is 9.64. The third kappa shape index (κ3) is 2.87. The quantitative estimate of drug-likeness (QED) is 0.480. The van der Waals surface area contributed by atoms with E-state index in [4.69, 9.17) is 28.4 Å². The Balaban J connectivity index is 2.51. The summed E-state index contributed by atoms with van der Waals surface area (Å²) < 4.78 is 0. The van der Waals surface area contributed by atoms with E-state index in [2.05, 4.69) is 11.2 Å². The summed E-state index contributed by atoms with van der Waals surface area (Å²) in [6.07, 6.45) is 4.81. The van der Waals surface area contributed by atoms with Crippen LogP contribution in [0.15, 0.2) is 58.3 Å². The molecule has 1 N–H and O–H groups in total. The van der Waals surface area contributed by atoms with Gasteiger partial charge in [-0.1, -0.05) is 46.6 Å². The van der Waals surface area contributed by atoms with Crippen LogP contribution in [0.4, 0.5) is 0 Å². The van der Waals surface area contributed by atoms with Gasteiger partial charge in [-0.15, -0.1) is 0 Å². The van der Waals surface area contributed by atoms with Gasteiger partial charge in [-0.05, 0) is 35.4 Å². The molecular formula is C14H8Cl2N2O. The number of halogens is 2. The number of nitrogens with zero attached hydrogens (tertiary/aromatic N) is 2. The summed E-state index contributed by atoms with van der Waals surface area (Å²) in [6.45, 7) is 0. The molecule has 1 aliphatic rings. The van der Waals surface area contributed by atoms with Crippen molar-refractivity contribution in [2.24, 2.45) is 5.16 Å². The van der Waals surface area contributed by atoms with Crippen molar-refractivity contribution in [2.75, 3.05) is 0 Å². The second-order valence-corrected chi connectivity index (χ2v) is 4.60. The Morgan fingerprint density at radius 3 is 2.37 bits per heavy atom. The van der Waals surface area contributed by atoms with Crippen molar-refractivity contribution in [1.29, 1.82) is 5.26 Å². The van der Waals surface area contributed by atoms with Crippen molar-refractivity contribution >= 4 is 34.5 Å². The van der Waals surface area contributed by atoms with Crippen molar-refractivity contribution in [3.8, 4) is 6.07 Å². The lowest BCUT2D eigenvalue weighted by Crippen LogP contribution is -2.00. The predicted molar refractivity (Wildman–Crippen MR) is 76.3 cm³/mol. The van der Waals surface area contributed by atoms with Gasteiger partial charge in [0, 0.05) is 5.02 Å². The summed E-state index contributed by atoms with van der Waals surface area (Å²) in [7, 11) is 0. The Bertz CT molecular complexity index is 662. The van der Waals surface area contributed by atoms with Gasteiger partial charge in [0.15, 0.2) is 0 Å². The monoisotopic (exact) mass is 290 g/mol. The van der Waals surface area contributed by atoms with Gasteiger partial charge >= 0.3 is 0 Å². The molecule has 0 amide bonds. The first kappa shape index (κ1) is 13.4. The van der Waals surface area contributed by atoms with Crippen LogP contribution < -0.4 is 0 Å². The lowest BCUT2D eigenvalue weighted by atomic mass is 9.97. The zero-order valence-corrected chi connectivity index (χ0v) is 11.2. The van der Waals surface area contributed by atoms with E-state index in [1.165, 1.54) is 0 Å². The maximum atomic E-state index is 9.28. The summed E-state index contributed by atoms with van der Waals surface area (Å²) >= 11 is 11.8. The van der Waals surface area contributed by atoms with Crippen LogP contribution in [-0.2, 0) is 0 Å². The molecule has 94 valence electrons. The molecule has 2 rings (SSSR count). The molecule has 0 radical (unpaired) electrons.